The first-order valence-corrected chi connectivity index (χ1v) is 8.08. The van der Waals surface area contributed by atoms with E-state index in [0.29, 0.717) is 0 Å². The molecule has 114 valence electrons. The fourth-order valence-electron chi connectivity index (χ4n) is 2.86. The Morgan fingerprint density at radius 3 is 2.14 bits per heavy atom. The van der Waals surface area contributed by atoms with Crippen LogP contribution in [0.15, 0.2) is 18.2 Å². The molecule has 1 aromatic carbocycles. The van der Waals surface area contributed by atoms with Gasteiger partial charge in [-0.05, 0) is 58.1 Å². The first-order valence-electron chi connectivity index (χ1n) is 7.70. The molecule has 0 unspecified atom stereocenters. The van der Waals surface area contributed by atoms with E-state index in [1.165, 1.54) is 12.8 Å². The van der Waals surface area contributed by atoms with Gasteiger partial charge in [0.15, 0.2) is 0 Å². The minimum Gasteiger partial charge on any atom is -0.399 e. The van der Waals surface area contributed by atoms with Crippen molar-refractivity contribution in [1.29, 1.82) is 0 Å². The van der Waals surface area contributed by atoms with Crippen molar-refractivity contribution < 1.29 is 9.31 Å². The molecule has 0 N–H and O–H groups in total. The maximum absolute atomic E-state index is 6.48. The molecule has 2 aliphatic heterocycles. The van der Waals surface area contributed by atoms with E-state index >= 15 is 0 Å². The van der Waals surface area contributed by atoms with Gasteiger partial charge in [-0.3, -0.25) is 0 Å². The molecule has 5 heteroatoms. The summed E-state index contributed by atoms with van der Waals surface area (Å²) >= 11 is 6.48. The summed E-state index contributed by atoms with van der Waals surface area (Å²) in [6.07, 6.45) is 2.49. The van der Waals surface area contributed by atoms with Crippen LogP contribution < -0.4 is 10.4 Å². The molecule has 2 saturated heterocycles. The van der Waals surface area contributed by atoms with Crippen molar-refractivity contribution in [3.05, 3.63) is 23.2 Å². The van der Waals surface area contributed by atoms with Gasteiger partial charge in [0, 0.05) is 13.1 Å². The summed E-state index contributed by atoms with van der Waals surface area (Å²) in [6.45, 7) is 10.4. The molecular formula is C16H23BClNO2. The van der Waals surface area contributed by atoms with E-state index in [2.05, 4.69) is 44.7 Å². The SMILES string of the molecule is CC1(C)OB(c2ccc(N3CCCC3)c(Cl)c2)OC1(C)C. The van der Waals surface area contributed by atoms with Crippen LogP contribution in [-0.2, 0) is 9.31 Å². The first kappa shape index (κ1) is 15.2. The van der Waals surface area contributed by atoms with Crippen LogP contribution in [0.25, 0.3) is 0 Å². The van der Waals surface area contributed by atoms with Gasteiger partial charge >= 0.3 is 7.12 Å². The molecule has 21 heavy (non-hydrogen) atoms. The maximum atomic E-state index is 6.48. The van der Waals surface area contributed by atoms with Gasteiger partial charge in [-0.25, -0.2) is 0 Å². The third-order valence-electron chi connectivity index (χ3n) is 4.94. The number of hydrogen-bond acceptors (Lipinski definition) is 3. The predicted octanol–water partition coefficient (Wildman–Crippen LogP) is 3.24. The third kappa shape index (κ3) is 2.69. The fourth-order valence-corrected chi connectivity index (χ4v) is 3.17. The van der Waals surface area contributed by atoms with Gasteiger partial charge < -0.3 is 14.2 Å². The van der Waals surface area contributed by atoms with Crippen molar-refractivity contribution in [2.45, 2.75) is 51.7 Å². The summed E-state index contributed by atoms with van der Waals surface area (Å²) < 4.78 is 12.2. The van der Waals surface area contributed by atoms with Gasteiger partial charge in [0.05, 0.1) is 21.9 Å². The number of nitrogens with zero attached hydrogens (tertiary/aromatic N) is 1. The molecule has 0 aromatic heterocycles. The van der Waals surface area contributed by atoms with Crippen LogP contribution in [0, 0.1) is 0 Å². The van der Waals surface area contributed by atoms with Crippen LogP contribution in [0.2, 0.25) is 5.02 Å². The molecule has 0 spiro atoms. The van der Waals surface area contributed by atoms with Crippen LogP contribution in [-0.4, -0.2) is 31.4 Å². The average Bonchev–Trinajstić information content (AvgIpc) is 2.96. The number of halogens is 1. The Morgan fingerprint density at radius 1 is 1.05 bits per heavy atom. The second-order valence-corrected chi connectivity index (χ2v) is 7.40. The summed E-state index contributed by atoms with van der Waals surface area (Å²) in [5.74, 6) is 0. The van der Waals surface area contributed by atoms with E-state index in [1.54, 1.807) is 0 Å². The maximum Gasteiger partial charge on any atom is 0.494 e. The van der Waals surface area contributed by atoms with E-state index in [9.17, 15) is 0 Å². The summed E-state index contributed by atoms with van der Waals surface area (Å²) in [7, 11) is -0.347. The summed E-state index contributed by atoms with van der Waals surface area (Å²) in [4.78, 5) is 2.34. The highest BCUT2D eigenvalue weighted by atomic mass is 35.5. The van der Waals surface area contributed by atoms with Crippen LogP contribution in [0.5, 0.6) is 0 Å². The van der Waals surface area contributed by atoms with Crippen LogP contribution in [0.3, 0.4) is 0 Å². The average molecular weight is 308 g/mol. The number of benzene rings is 1. The lowest BCUT2D eigenvalue weighted by molar-refractivity contribution is 0.00578. The summed E-state index contributed by atoms with van der Waals surface area (Å²) in [5.41, 5.74) is 1.46. The number of rotatable bonds is 2. The Labute approximate surface area is 132 Å². The Bertz CT molecular complexity index is 525. The summed E-state index contributed by atoms with van der Waals surface area (Å²) in [5, 5.41) is 0.782. The molecule has 2 heterocycles. The Balaban J connectivity index is 1.83. The molecule has 0 bridgehead atoms. The minimum atomic E-state index is -0.347. The second kappa shape index (κ2) is 5.18. The molecular weight excluding hydrogens is 284 g/mol. The highest BCUT2D eigenvalue weighted by Crippen LogP contribution is 2.37. The molecule has 1 aromatic rings. The molecule has 3 nitrogen and oxygen atoms in total. The zero-order chi connectivity index (χ0) is 15.3. The zero-order valence-corrected chi connectivity index (χ0v) is 14.0. The minimum absolute atomic E-state index is 0.322. The lowest BCUT2D eigenvalue weighted by Gasteiger charge is -2.32. The zero-order valence-electron chi connectivity index (χ0n) is 13.3. The van der Waals surface area contributed by atoms with Gasteiger partial charge in [0.2, 0.25) is 0 Å². The molecule has 3 rings (SSSR count). The van der Waals surface area contributed by atoms with E-state index in [0.717, 1.165) is 29.3 Å². The lowest BCUT2D eigenvalue weighted by atomic mass is 9.79. The third-order valence-corrected chi connectivity index (χ3v) is 5.25. The van der Waals surface area contributed by atoms with Crippen molar-refractivity contribution in [1.82, 2.24) is 0 Å². The largest absolute Gasteiger partial charge is 0.494 e. The van der Waals surface area contributed by atoms with E-state index < -0.39 is 0 Å². The van der Waals surface area contributed by atoms with Crippen molar-refractivity contribution >= 4 is 29.9 Å². The molecule has 0 radical (unpaired) electrons. The molecule has 0 saturated carbocycles. The lowest BCUT2D eigenvalue weighted by Crippen LogP contribution is -2.41. The standard InChI is InChI=1S/C16H23BClNO2/c1-15(2)16(3,4)21-17(20-15)12-7-8-14(13(18)11-12)19-9-5-6-10-19/h7-8,11H,5-6,9-10H2,1-4H3. The molecule has 0 amide bonds. The quantitative estimate of drug-likeness (QED) is 0.783. The molecule has 2 fully saturated rings. The monoisotopic (exact) mass is 307 g/mol. The van der Waals surface area contributed by atoms with Crippen molar-refractivity contribution in [3.63, 3.8) is 0 Å². The van der Waals surface area contributed by atoms with Crippen molar-refractivity contribution in [2.24, 2.45) is 0 Å². The highest BCUT2D eigenvalue weighted by Gasteiger charge is 2.51. The topological polar surface area (TPSA) is 21.7 Å². The summed E-state index contributed by atoms with van der Waals surface area (Å²) in [6, 6.07) is 6.15. The second-order valence-electron chi connectivity index (χ2n) is 6.99. The number of anilines is 1. The van der Waals surface area contributed by atoms with Gasteiger partial charge in [0.25, 0.3) is 0 Å². The normalized spacial score (nSPS) is 23.9. The smallest absolute Gasteiger partial charge is 0.399 e. The molecule has 0 atom stereocenters. The van der Waals surface area contributed by atoms with Crippen LogP contribution in [0.1, 0.15) is 40.5 Å². The predicted molar refractivity (Wildman–Crippen MR) is 88.6 cm³/mol. The van der Waals surface area contributed by atoms with Crippen LogP contribution in [0.4, 0.5) is 5.69 Å². The Hall–Kier alpha value is -0.705. The Morgan fingerprint density at radius 2 is 1.62 bits per heavy atom. The fraction of sp³-hybridized carbons (Fsp3) is 0.625. The molecule has 2 aliphatic rings. The van der Waals surface area contributed by atoms with Gasteiger partial charge in [0.1, 0.15) is 0 Å². The van der Waals surface area contributed by atoms with Gasteiger partial charge in [-0.15, -0.1) is 0 Å². The van der Waals surface area contributed by atoms with Gasteiger partial charge in [-0.2, -0.15) is 0 Å². The van der Waals surface area contributed by atoms with E-state index in [-0.39, 0.29) is 18.3 Å². The van der Waals surface area contributed by atoms with Crippen molar-refractivity contribution in [3.8, 4) is 0 Å². The Kier molecular flexibility index (Phi) is 3.75. The molecule has 0 aliphatic carbocycles. The van der Waals surface area contributed by atoms with Gasteiger partial charge in [-0.1, -0.05) is 17.7 Å². The van der Waals surface area contributed by atoms with E-state index in [1.807, 2.05) is 6.07 Å². The highest BCUT2D eigenvalue weighted by molar-refractivity contribution is 6.62. The van der Waals surface area contributed by atoms with Crippen LogP contribution >= 0.6 is 11.6 Å². The number of hydrogen-bond donors (Lipinski definition) is 0. The van der Waals surface area contributed by atoms with E-state index in [4.69, 9.17) is 20.9 Å². The first-order chi connectivity index (χ1) is 9.80. The van der Waals surface area contributed by atoms with Crippen molar-refractivity contribution in [2.75, 3.05) is 18.0 Å².